The topological polar surface area (TPSA) is 72.8 Å². The first-order valence-corrected chi connectivity index (χ1v) is 6.67. The van der Waals surface area contributed by atoms with Crippen LogP contribution in [0.1, 0.15) is 45.4 Å². The second-order valence-electron chi connectivity index (χ2n) is 4.38. The van der Waals surface area contributed by atoms with Gasteiger partial charge >= 0.3 is 11.9 Å². The maximum absolute atomic E-state index is 11.3. The van der Waals surface area contributed by atoms with Crippen LogP contribution in [0.25, 0.3) is 0 Å². The average molecular weight is 272 g/mol. The summed E-state index contributed by atoms with van der Waals surface area (Å²) in [7, 11) is 0. The molecule has 0 saturated carbocycles. The van der Waals surface area contributed by atoms with E-state index in [0.717, 1.165) is 32.1 Å². The third kappa shape index (κ3) is 11.5. The van der Waals surface area contributed by atoms with Gasteiger partial charge in [0.15, 0.2) is 0 Å². The van der Waals surface area contributed by atoms with E-state index in [4.69, 9.17) is 14.6 Å². The molecule has 0 aromatic carbocycles. The number of hydrogen-bond donors (Lipinski definition) is 1. The Labute approximate surface area is 114 Å². The van der Waals surface area contributed by atoms with E-state index in [-0.39, 0.29) is 25.8 Å². The van der Waals surface area contributed by atoms with Crippen molar-refractivity contribution in [1.82, 2.24) is 0 Å². The maximum Gasteiger partial charge on any atom is 0.333 e. The summed E-state index contributed by atoms with van der Waals surface area (Å²) >= 11 is 0. The summed E-state index contributed by atoms with van der Waals surface area (Å²) in [5.41, 5.74) is 0.328. The zero-order chi connectivity index (χ0) is 14.5. The van der Waals surface area contributed by atoms with E-state index in [1.807, 2.05) is 0 Å². The van der Waals surface area contributed by atoms with Gasteiger partial charge in [-0.2, -0.15) is 0 Å². The van der Waals surface area contributed by atoms with E-state index in [0.29, 0.717) is 12.0 Å². The largest absolute Gasteiger partial charge is 0.462 e. The number of aliphatic hydroxyl groups is 1. The van der Waals surface area contributed by atoms with Crippen molar-refractivity contribution in [2.45, 2.75) is 45.4 Å². The number of unbranched alkanes of at least 4 members (excludes halogenated alkanes) is 4. The molecule has 0 aliphatic heterocycles. The Kier molecular flexibility index (Phi) is 10.9. The van der Waals surface area contributed by atoms with Crippen molar-refractivity contribution in [3.8, 4) is 0 Å². The van der Waals surface area contributed by atoms with Crippen LogP contribution in [0.4, 0.5) is 0 Å². The van der Waals surface area contributed by atoms with Gasteiger partial charge in [-0.15, -0.1) is 0 Å². The first-order valence-electron chi connectivity index (χ1n) is 6.67. The van der Waals surface area contributed by atoms with Crippen molar-refractivity contribution < 1.29 is 24.2 Å². The van der Waals surface area contributed by atoms with E-state index < -0.39 is 5.97 Å². The first-order chi connectivity index (χ1) is 9.07. The normalized spacial score (nSPS) is 10.0. The van der Waals surface area contributed by atoms with Crippen molar-refractivity contribution in [2.75, 3.05) is 19.8 Å². The summed E-state index contributed by atoms with van der Waals surface area (Å²) in [5, 5.41) is 8.59. The first kappa shape index (κ1) is 17.6. The number of hydrogen-bond acceptors (Lipinski definition) is 5. The zero-order valence-corrected chi connectivity index (χ0v) is 11.7. The molecule has 0 aliphatic carbocycles. The minimum atomic E-state index is -0.472. The molecule has 19 heavy (non-hydrogen) atoms. The molecule has 0 radical (unpaired) electrons. The Morgan fingerprint density at radius 1 is 1.00 bits per heavy atom. The Morgan fingerprint density at radius 2 is 1.58 bits per heavy atom. The van der Waals surface area contributed by atoms with E-state index in [9.17, 15) is 9.59 Å². The predicted octanol–water partition coefficient (Wildman–Crippen LogP) is 1.98. The quantitative estimate of drug-likeness (QED) is 0.354. The van der Waals surface area contributed by atoms with Crippen molar-refractivity contribution in [3.05, 3.63) is 12.2 Å². The van der Waals surface area contributed by atoms with Crippen molar-refractivity contribution in [2.24, 2.45) is 0 Å². The smallest absolute Gasteiger partial charge is 0.333 e. The highest BCUT2D eigenvalue weighted by Crippen LogP contribution is 2.05. The number of rotatable bonds is 11. The zero-order valence-electron chi connectivity index (χ0n) is 11.7. The Morgan fingerprint density at radius 3 is 2.21 bits per heavy atom. The summed E-state index contributed by atoms with van der Waals surface area (Å²) in [4.78, 5) is 22.3. The van der Waals surface area contributed by atoms with Crippen LogP contribution in [0.3, 0.4) is 0 Å². The highest BCUT2D eigenvalue weighted by Gasteiger charge is 2.05. The van der Waals surface area contributed by atoms with E-state index in [1.165, 1.54) is 0 Å². The van der Waals surface area contributed by atoms with Crippen LogP contribution >= 0.6 is 0 Å². The number of esters is 2. The molecule has 110 valence electrons. The Balaban J connectivity index is 3.35. The van der Waals surface area contributed by atoms with E-state index in [1.54, 1.807) is 6.92 Å². The van der Waals surface area contributed by atoms with Crippen LogP contribution in [-0.4, -0.2) is 36.9 Å². The predicted molar refractivity (Wildman–Crippen MR) is 71.5 cm³/mol. The molecule has 0 atom stereocenters. The van der Waals surface area contributed by atoms with E-state index in [2.05, 4.69) is 6.58 Å². The molecule has 0 aromatic rings. The van der Waals surface area contributed by atoms with Gasteiger partial charge in [-0.1, -0.05) is 25.8 Å². The molecule has 0 amide bonds. The van der Waals surface area contributed by atoms with Gasteiger partial charge in [-0.3, -0.25) is 4.79 Å². The Hall–Kier alpha value is -1.36. The van der Waals surface area contributed by atoms with Crippen LogP contribution in [0, 0.1) is 0 Å². The summed E-state index contributed by atoms with van der Waals surface area (Å²) in [6.07, 6.45) is 4.95. The fourth-order valence-electron chi connectivity index (χ4n) is 1.40. The van der Waals surface area contributed by atoms with Crippen molar-refractivity contribution in [3.63, 3.8) is 0 Å². The van der Waals surface area contributed by atoms with Crippen LogP contribution < -0.4 is 0 Å². The number of carbonyl (C=O) groups is 2. The molecule has 0 spiro atoms. The minimum absolute atomic E-state index is 0.0634. The fraction of sp³-hybridized carbons (Fsp3) is 0.714. The molecule has 0 heterocycles. The number of carbonyl (C=O) groups excluding carboxylic acids is 2. The van der Waals surface area contributed by atoms with Gasteiger partial charge in [-0.25, -0.2) is 4.79 Å². The molecular weight excluding hydrogens is 248 g/mol. The average Bonchev–Trinajstić information content (AvgIpc) is 2.38. The summed E-state index contributed by atoms with van der Waals surface area (Å²) in [6.45, 7) is 5.38. The van der Waals surface area contributed by atoms with Gasteiger partial charge in [0.05, 0.1) is 0 Å². The van der Waals surface area contributed by atoms with Crippen LogP contribution in [0.5, 0.6) is 0 Å². The van der Waals surface area contributed by atoms with Gasteiger partial charge in [0.2, 0.25) is 0 Å². The third-order valence-corrected chi connectivity index (χ3v) is 2.47. The lowest BCUT2D eigenvalue weighted by atomic mass is 10.1. The molecular formula is C14H24O5. The molecule has 0 aliphatic rings. The molecule has 0 saturated heterocycles. The lowest BCUT2D eigenvalue weighted by Gasteiger charge is -2.06. The molecule has 5 heteroatoms. The number of aliphatic hydroxyl groups excluding tert-OH is 1. The monoisotopic (exact) mass is 272 g/mol. The van der Waals surface area contributed by atoms with Gasteiger partial charge in [-0.05, 0) is 19.8 Å². The van der Waals surface area contributed by atoms with E-state index >= 15 is 0 Å². The van der Waals surface area contributed by atoms with Crippen LogP contribution in [0.2, 0.25) is 0 Å². The minimum Gasteiger partial charge on any atom is -0.462 e. The van der Waals surface area contributed by atoms with Gasteiger partial charge in [0.1, 0.15) is 13.2 Å². The third-order valence-electron chi connectivity index (χ3n) is 2.47. The standard InChI is InChI=1S/C14H24O5/c1-12(2)14(17)19-11-10-18-13(16)8-6-4-3-5-7-9-15/h15H,1,3-11H2,2H3. The fourth-order valence-corrected chi connectivity index (χ4v) is 1.40. The summed E-state index contributed by atoms with van der Waals surface area (Å²) in [6, 6.07) is 0. The SMILES string of the molecule is C=C(C)C(=O)OCCOC(=O)CCCCCCCO. The summed E-state index contributed by atoms with van der Waals surface area (Å²) in [5.74, 6) is -0.742. The Bertz CT molecular complexity index is 286. The highest BCUT2D eigenvalue weighted by molar-refractivity contribution is 5.86. The lowest BCUT2D eigenvalue weighted by molar-refractivity contribution is -0.150. The maximum atomic E-state index is 11.3. The molecule has 0 bridgehead atoms. The number of ether oxygens (including phenoxy) is 2. The second-order valence-corrected chi connectivity index (χ2v) is 4.38. The summed E-state index contributed by atoms with van der Waals surface area (Å²) < 4.78 is 9.70. The lowest BCUT2D eigenvalue weighted by Crippen LogP contribution is -2.14. The second kappa shape index (κ2) is 11.7. The highest BCUT2D eigenvalue weighted by atomic mass is 16.6. The molecule has 5 nitrogen and oxygen atoms in total. The molecule has 1 N–H and O–H groups in total. The van der Waals surface area contributed by atoms with Gasteiger partial charge in [0.25, 0.3) is 0 Å². The van der Waals surface area contributed by atoms with Crippen LogP contribution in [0.15, 0.2) is 12.2 Å². The molecule has 0 fully saturated rings. The molecule has 0 rings (SSSR count). The van der Waals surface area contributed by atoms with Gasteiger partial charge < -0.3 is 14.6 Å². The van der Waals surface area contributed by atoms with Crippen LogP contribution in [-0.2, 0) is 19.1 Å². The molecule has 0 aromatic heterocycles. The van der Waals surface area contributed by atoms with Crippen molar-refractivity contribution in [1.29, 1.82) is 0 Å². The van der Waals surface area contributed by atoms with Crippen molar-refractivity contribution >= 4 is 11.9 Å². The molecule has 0 unspecified atom stereocenters. The van der Waals surface area contributed by atoms with Gasteiger partial charge in [0, 0.05) is 18.6 Å².